The topological polar surface area (TPSA) is 61.8 Å². The van der Waals surface area contributed by atoms with Gasteiger partial charge in [0.05, 0.1) is 13.1 Å². The molecule has 2 aromatic rings. The van der Waals surface area contributed by atoms with Crippen molar-refractivity contribution in [1.82, 2.24) is 0 Å². The third-order valence-corrected chi connectivity index (χ3v) is 11.8. The predicted octanol–water partition coefficient (Wildman–Crippen LogP) is 8.21. The highest BCUT2D eigenvalue weighted by atomic mass is 16.7. The van der Waals surface area contributed by atoms with Crippen molar-refractivity contribution in [3.8, 4) is 0 Å². The first-order chi connectivity index (χ1) is 22.0. The Hall–Kier alpha value is -2.70. The smallest absolute Gasteiger partial charge is 0.348 e. The first-order valence-corrected chi connectivity index (χ1v) is 18.0. The van der Waals surface area contributed by atoms with Crippen molar-refractivity contribution in [1.29, 1.82) is 0 Å². The molecule has 2 saturated carbocycles. The van der Waals surface area contributed by atoms with Gasteiger partial charge in [-0.25, -0.2) is 4.79 Å². The zero-order valence-corrected chi connectivity index (χ0v) is 27.6. The minimum atomic E-state index is -1.55. The molecule has 2 saturated heterocycles. The third kappa shape index (κ3) is 5.86. The van der Waals surface area contributed by atoms with Crippen LogP contribution in [0.4, 0.5) is 0 Å². The highest BCUT2D eigenvalue weighted by Gasteiger charge is 2.86. The molecule has 2 aromatic carbocycles. The maximum absolute atomic E-state index is 14.6. The SMILES string of the molecule is CCCCCCCCCCCC(=O)OC(C)OC(C(=O)OC1CC2C13CCC3[N+]21CCCC1)(c1ccccc1)c1ccccc1. The minimum absolute atomic E-state index is 0.0852. The summed E-state index contributed by atoms with van der Waals surface area (Å²) in [4.78, 5) is 27.5. The molecule has 5 atom stereocenters. The molecule has 0 aromatic heterocycles. The average Bonchev–Trinajstić information content (AvgIpc) is 3.51. The second-order valence-corrected chi connectivity index (χ2v) is 14.2. The van der Waals surface area contributed by atoms with Gasteiger partial charge in [-0.3, -0.25) is 4.79 Å². The van der Waals surface area contributed by atoms with E-state index in [2.05, 4.69) is 6.92 Å². The summed E-state index contributed by atoms with van der Waals surface area (Å²) in [5.74, 6) is -0.703. The minimum Gasteiger partial charge on any atom is -0.458 e. The molecule has 5 unspecified atom stereocenters. The molecule has 2 aliphatic carbocycles. The number of quaternary nitrogens is 1. The fourth-order valence-electron chi connectivity index (χ4n) is 9.57. The predicted molar refractivity (Wildman–Crippen MR) is 175 cm³/mol. The highest BCUT2D eigenvalue weighted by molar-refractivity contribution is 5.86. The molecular weight excluding hydrogens is 562 g/mol. The molecule has 6 rings (SSSR count). The Labute approximate surface area is 270 Å². The van der Waals surface area contributed by atoms with Crippen LogP contribution in [-0.2, 0) is 29.4 Å². The van der Waals surface area contributed by atoms with Crippen molar-refractivity contribution in [3.63, 3.8) is 0 Å². The number of benzene rings is 2. The lowest BCUT2D eigenvalue weighted by atomic mass is 9.39. The number of piperidine rings is 2. The van der Waals surface area contributed by atoms with E-state index in [1.54, 1.807) is 6.92 Å². The molecule has 0 amide bonds. The Morgan fingerprint density at radius 2 is 1.42 bits per heavy atom. The van der Waals surface area contributed by atoms with Crippen molar-refractivity contribution in [2.75, 3.05) is 13.1 Å². The van der Waals surface area contributed by atoms with Gasteiger partial charge in [0.25, 0.3) is 0 Å². The number of nitrogens with zero attached hydrogens (tertiary/aromatic N) is 1. The van der Waals surface area contributed by atoms with Gasteiger partial charge in [0, 0.05) is 32.1 Å². The van der Waals surface area contributed by atoms with Crippen LogP contribution in [0.25, 0.3) is 0 Å². The van der Waals surface area contributed by atoms with Crippen LogP contribution >= 0.6 is 0 Å². The molecule has 6 heteroatoms. The first kappa shape index (κ1) is 32.2. The van der Waals surface area contributed by atoms with Crippen molar-refractivity contribution >= 4 is 11.9 Å². The van der Waals surface area contributed by atoms with Crippen molar-refractivity contribution in [2.45, 2.75) is 140 Å². The number of unbranched alkanes of at least 4 members (excludes halogenated alkanes) is 8. The van der Waals surface area contributed by atoms with Crippen LogP contribution < -0.4 is 0 Å². The summed E-state index contributed by atoms with van der Waals surface area (Å²) in [6, 6.07) is 20.4. The van der Waals surface area contributed by atoms with Gasteiger partial charge in [-0.15, -0.1) is 0 Å². The number of fused-ring (bicyclic) bond motifs is 2. The van der Waals surface area contributed by atoms with Crippen molar-refractivity contribution < 1.29 is 28.3 Å². The molecule has 0 bridgehead atoms. The van der Waals surface area contributed by atoms with E-state index in [1.165, 1.54) is 75.4 Å². The van der Waals surface area contributed by atoms with Gasteiger partial charge in [0.2, 0.25) is 11.9 Å². The van der Waals surface area contributed by atoms with Gasteiger partial charge in [-0.2, -0.15) is 0 Å². The fraction of sp³-hybridized carbons (Fsp3) is 0.641. The van der Waals surface area contributed by atoms with Crippen LogP contribution in [-0.4, -0.2) is 54.0 Å². The van der Waals surface area contributed by atoms with Gasteiger partial charge < -0.3 is 18.7 Å². The summed E-state index contributed by atoms with van der Waals surface area (Å²) in [5, 5.41) is 0. The normalized spacial score (nSPS) is 26.5. The second-order valence-electron chi connectivity index (χ2n) is 14.2. The molecule has 2 spiro atoms. The summed E-state index contributed by atoms with van der Waals surface area (Å²) >= 11 is 0. The van der Waals surface area contributed by atoms with Crippen LogP contribution in [0, 0.1) is 5.41 Å². The molecule has 244 valence electrons. The van der Waals surface area contributed by atoms with E-state index in [0.717, 1.165) is 32.1 Å². The van der Waals surface area contributed by atoms with E-state index in [4.69, 9.17) is 14.2 Å². The lowest BCUT2D eigenvalue weighted by molar-refractivity contribution is -1.05. The molecular formula is C39H54NO5+. The zero-order chi connectivity index (χ0) is 31.3. The van der Waals surface area contributed by atoms with E-state index >= 15 is 0 Å². The third-order valence-electron chi connectivity index (χ3n) is 11.8. The van der Waals surface area contributed by atoms with Gasteiger partial charge in [0.1, 0.15) is 23.6 Å². The van der Waals surface area contributed by atoms with Gasteiger partial charge >= 0.3 is 11.9 Å². The van der Waals surface area contributed by atoms with Gasteiger partial charge in [0.15, 0.2) is 0 Å². The Bertz CT molecular complexity index is 1230. The summed E-state index contributed by atoms with van der Waals surface area (Å²) in [7, 11) is 0. The standard InChI is InChI=1S/C39H54NO5/c1-3-4-5-6-7-8-9-10-17-24-36(41)43-30(2)45-39(31-20-13-11-14-21-31,32-22-15-12-16-23-32)37(42)44-35-29-34-38(35)26-25-33(38)40(34)27-18-19-28-40/h11-16,20-23,30,33-35H,3-10,17-19,24-29H2,1-2H3/q+1. The number of carbonyl (C=O) groups excluding carboxylic acids is 2. The Balaban J connectivity index is 1.12. The average molecular weight is 617 g/mol. The Morgan fingerprint density at radius 3 is 1.96 bits per heavy atom. The van der Waals surface area contributed by atoms with Crippen LogP contribution in [0.15, 0.2) is 60.7 Å². The molecule has 4 aliphatic rings. The fourth-order valence-corrected chi connectivity index (χ4v) is 9.57. The number of carbonyl (C=O) groups is 2. The molecule has 6 nitrogen and oxygen atoms in total. The lowest BCUT2D eigenvalue weighted by Crippen LogP contribution is -2.94. The van der Waals surface area contributed by atoms with Crippen molar-refractivity contribution in [2.24, 2.45) is 5.41 Å². The van der Waals surface area contributed by atoms with Crippen LogP contribution in [0.5, 0.6) is 0 Å². The number of rotatable bonds is 17. The van der Waals surface area contributed by atoms with Crippen LogP contribution in [0.3, 0.4) is 0 Å². The molecule has 45 heavy (non-hydrogen) atoms. The molecule has 2 heterocycles. The lowest BCUT2D eigenvalue weighted by Gasteiger charge is -2.80. The van der Waals surface area contributed by atoms with Crippen LogP contribution in [0.1, 0.15) is 121 Å². The number of hydrogen-bond donors (Lipinski definition) is 0. The molecule has 2 aliphatic heterocycles. The van der Waals surface area contributed by atoms with E-state index in [0.29, 0.717) is 29.6 Å². The maximum atomic E-state index is 14.6. The van der Waals surface area contributed by atoms with E-state index in [-0.39, 0.29) is 17.5 Å². The molecule has 0 N–H and O–H groups in total. The maximum Gasteiger partial charge on any atom is 0.348 e. The quantitative estimate of drug-likeness (QED) is 0.0776. The summed E-state index contributed by atoms with van der Waals surface area (Å²) in [6.45, 7) is 6.54. The van der Waals surface area contributed by atoms with Crippen LogP contribution in [0.2, 0.25) is 0 Å². The van der Waals surface area contributed by atoms with E-state index < -0.39 is 17.9 Å². The Kier molecular flexibility index (Phi) is 10.0. The zero-order valence-electron chi connectivity index (χ0n) is 27.6. The monoisotopic (exact) mass is 616 g/mol. The second kappa shape index (κ2) is 14.0. The highest BCUT2D eigenvalue weighted by Crippen LogP contribution is 2.73. The first-order valence-electron chi connectivity index (χ1n) is 18.0. The van der Waals surface area contributed by atoms with Gasteiger partial charge in [-0.1, -0.05) is 119 Å². The largest absolute Gasteiger partial charge is 0.458 e. The molecule has 0 radical (unpaired) electrons. The van der Waals surface area contributed by atoms with E-state index in [9.17, 15) is 9.59 Å². The van der Waals surface area contributed by atoms with Gasteiger partial charge in [-0.05, 0) is 30.9 Å². The summed E-state index contributed by atoms with van der Waals surface area (Å²) in [5.41, 5.74) is -0.0476. The summed E-state index contributed by atoms with van der Waals surface area (Å²) in [6.07, 6.45) is 16.0. The van der Waals surface area contributed by atoms with E-state index in [1.807, 2.05) is 60.7 Å². The van der Waals surface area contributed by atoms with Crippen molar-refractivity contribution in [3.05, 3.63) is 71.8 Å². The number of hydrogen-bond acceptors (Lipinski definition) is 5. The summed E-state index contributed by atoms with van der Waals surface area (Å²) < 4.78 is 20.3. The number of ether oxygens (including phenoxy) is 3. The Morgan fingerprint density at radius 1 is 0.844 bits per heavy atom. The molecule has 4 fully saturated rings. The number of esters is 2.